The van der Waals surface area contributed by atoms with Crippen LogP contribution in [0.25, 0.3) is 0 Å². The van der Waals surface area contributed by atoms with Gasteiger partial charge in [-0.1, -0.05) is 33.6 Å². The van der Waals surface area contributed by atoms with Gasteiger partial charge in [0.25, 0.3) is 0 Å². The molecule has 2 heteroatoms. The molecule has 0 saturated heterocycles. The number of rotatable bonds is 6. The molecule has 1 saturated carbocycles. The van der Waals surface area contributed by atoms with Gasteiger partial charge < -0.3 is 10.6 Å². The molecular formula is C15H32N2. The summed E-state index contributed by atoms with van der Waals surface area (Å²) in [6, 6.07) is 0.824. The first kappa shape index (κ1) is 15.0. The molecule has 102 valence electrons. The van der Waals surface area contributed by atoms with Crippen LogP contribution in [0.4, 0.5) is 0 Å². The maximum atomic E-state index is 5.77. The Kier molecular flexibility index (Phi) is 5.94. The molecule has 0 heterocycles. The van der Waals surface area contributed by atoms with Gasteiger partial charge in [0.15, 0.2) is 0 Å². The lowest BCUT2D eigenvalue weighted by atomic mass is 9.84. The van der Waals surface area contributed by atoms with Gasteiger partial charge in [0.05, 0.1) is 0 Å². The van der Waals surface area contributed by atoms with Crippen LogP contribution in [0.2, 0.25) is 0 Å². The van der Waals surface area contributed by atoms with E-state index in [2.05, 4.69) is 32.7 Å². The Morgan fingerprint density at radius 2 is 1.88 bits per heavy atom. The van der Waals surface area contributed by atoms with Crippen molar-refractivity contribution in [1.29, 1.82) is 0 Å². The standard InChI is InChI=1S/C15H32N2/c1-13-8-5-6-9-14(13)17(4)11-7-10-15(2,3)12-16/h13-14H,5-12,16H2,1-4H3. The van der Waals surface area contributed by atoms with E-state index in [1.54, 1.807) is 0 Å². The summed E-state index contributed by atoms with van der Waals surface area (Å²) in [5.41, 5.74) is 6.09. The summed E-state index contributed by atoms with van der Waals surface area (Å²) < 4.78 is 0. The number of hydrogen-bond donors (Lipinski definition) is 1. The fraction of sp³-hybridized carbons (Fsp3) is 1.00. The summed E-state index contributed by atoms with van der Waals surface area (Å²) in [6.07, 6.45) is 8.21. The van der Waals surface area contributed by atoms with Crippen LogP contribution in [0.1, 0.15) is 59.3 Å². The van der Waals surface area contributed by atoms with Gasteiger partial charge in [-0.05, 0) is 57.2 Å². The van der Waals surface area contributed by atoms with Gasteiger partial charge in [0.2, 0.25) is 0 Å². The maximum Gasteiger partial charge on any atom is 0.0118 e. The third kappa shape index (κ3) is 4.97. The van der Waals surface area contributed by atoms with Gasteiger partial charge in [0.1, 0.15) is 0 Å². The highest BCUT2D eigenvalue weighted by molar-refractivity contribution is 4.80. The summed E-state index contributed by atoms with van der Waals surface area (Å²) in [7, 11) is 2.31. The predicted molar refractivity (Wildman–Crippen MR) is 76.1 cm³/mol. The van der Waals surface area contributed by atoms with Crippen molar-refractivity contribution in [2.24, 2.45) is 17.1 Å². The molecule has 0 radical (unpaired) electrons. The average molecular weight is 240 g/mol. The van der Waals surface area contributed by atoms with Crippen molar-refractivity contribution in [2.45, 2.75) is 65.3 Å². The summed E-state index contributed by atoms with van der Waals surface area (Å²) in [5, 5.41) is 0. The zero-order chi connectivity index (χ0) is 12.9. The Balaban J connectivity index is 2.26. The van der Waals surface area contributed by atoms with Crippen molar-refractivity contribution in [3.05, 3.63) is 0 Å². The normalized spacial score (nSPS) is 26.5. The van der Waals surface area contributed by atoms with E-state index in [0.717, 1.165) is 18.5 Å². The minimum absolute atomic E-state index is 0.318. The van der Waals surface area contributed by atoms with Gasteiger partial charge in [0, 0.05) is 6.04 Å². The number of nitrogens with two attached hydrogens (primary N) is 1. The SMILES string of the molecule is CC1CCCCC1N(C)CCCC(C)(C)CN. The summed E-state index contributed by atoms with van der Waals surface area (Å²) in [6.45, 7) is 9.01. The lowest BCUT2D eigenvalue weighted by Gasteiger charge is -2.36. The predicted octanol–water partition coefficient (Wildman–Crippen LogP) is 3.26. The van der Waals surface area contributed by atoms with E-state index in [0.29, 0.717) is 5.41 Å². The molecule has 2 atom stereocenters. The van der Waals surface area contributed by atoms with E-state index in [9.17, 15) is 0 Å². The van der Waals surface area contributed by atoms with Crippen molar-refractivity contribution in [3.8, 4) is 0 Å². The Labute approximate surface area is 108 Å². The fourth-order valence-corrected chi connectivity index (χ4v) is 3.03. The Bertz CT molecular complexity index is 213. The van der Waals surface area contributed by atoms with Gasteiger partial charge in [-0.15, -0.1) is 0 Å². The van der Waals surface area contributed by atoms with E-state index in [-0.39, 0.29) is 0 Å². The Morgan fingerprint density at radius 1 is 1.24 bits per heavy atom. The molecule has 0 spiro atoms. The molecule has 1 rings (SSSR count). The highest BCUT2D eigenvalue weighted by atomic mass is 15.1. The van der Waals surface area contributed by atoms with Gasteiger partial charge in [-0.3, -0.25) is 0 Å². The summed E-state index contributed by atoms with van der Waals surface area (Å²) >= 11 is 0. The second-order valence-corrected chi connectivity index (χ2v) is 6.78. The molecular weight excluding hydrogens is 208 g/mol. The van der Waals surface area contributed by atoms with Crippen LogP contribution in [0.3, 0.4) is 0 Å². The monoisotopic (exact) mass is 240 g/mol. The van der Waals surface area contributed by atoms with E-state index in [1.165, 1.54) is 45.1 Å². The Hall–Kier alpha value is -0.0800. The molecule has 0 amide bonds. The van der Waals surface area contributed by atoms with Crippen LogP contribution in [-0.4, -0.2) is 31.1 Å². The van der Waals surface area contributed by atoms with Gasteiger partial charge in [-0.25, -0.2) is 0 Å². The van der Waals surface area contributed by atoms with Crippen molar-refractivity contribution in [2.75, 3.05) is 20.1 Å². The van der Waals surface area contributed by atoms with Crippen molar-refractivity contribution < 1.29 is 0 Å². The molecule has 1 fully saturated rings. The highest BCUT2D eigenvalue weighted by Gasteiger charge is 2.25. The smallest absolute Gasteiger partial charge is 0.0118 e. The highest BCUT2D eigenvalue weighted by Crippen LogP contribution is 2.28. The average Bonchev–Trinajstić information content (AvgIpc) is 2.29. The van der Waals surface area contributed by atoms with Gasteiger partial charge >= 0.3 is 0 Å². The van der Waals surface area contributed by atoms with E-state index in [1.807, 2.05) is 0 Å². The van der Waals surface area contributed by atoms with Crippen LogP contribution in [0.5, 0.6) is 0 Å². The zero-order valence-corrected chi connectivity index (χ0v) is 12.3. The molecule has 2 nitrogen and oxygen atoms in total. The minimum Gasteiger partial charge on any atom is -0.330 e. The first-order chi connectivity index (χ1) is 7.96. The largest absolute Gasteiger partial charge is 0.330 e. The van der Waals surface area contributed by atoms with E-state index in [4.69, 9.17) is 5.73 Å². The lowest BCUT2D eigenvalue weighted by Crippen LogP contribution is -2.39. The van der Waals surface area contributed by atoms with Crippen LogP contribution < -0.4 is 5.73 Å². The number of hydrogen-bond acceptors (Lipinski definition) is 2. The summed E-state index contributed by atoms with van der Waals surface area (Å²) in [4.78, 5) is 2.59. The molecule has 0 aromatic rings. The zero-order valence-electron chi connectivity index (χ0n) is 12.3. The Morgan fingerprint density at radius 3 is 2.47 bits per heavy atom. The topological polar surface area (TPSA) is 29.3 Å². The molecule has 17 heavy (non-hydrogen) atoms. The molecule has 0 aliphatic heterocycles. The maximum absolute atomic E-state index is 5.77. The number of nitrogens with zero attached hydrogens (tertiary/aromatic N) is 1. The molecule has 2 unspecified atom stereocenters. The first-order valence-electron chi connectivity index (χ1n) is 7.36. The first-order valence-corrected chi connectivity index (χ1v) is 7.36. The third-order valence-corrected chi connectivity index (χ3v) is 4.55. The summed E-state index contributed by atoms with van der Waals surface area (Å²) in [5.74, 6) is 0.885. The fourth-order valence-electron chi connectivity index (χ4n) is 3.03. The van der Waals surface area contributed by atoms with E-state index < -0.39 is 0 Å². The van der Waals surface area contributed by atoms with Crippen molar-refractivity contribution in [1.82, 2.24) is 4.90 Å². The van der Waals surface area contributed by atoms with Crippen LogP contribution in [-0.2, 0) is 0 Å². The molecule has 2 N–H and O–H groups in total. The molecule has 0 aromatic carbocycles. The van der Waals surface area contributed by atoms with Gasteiger partial charge in [-0.2, -0.15) is 0 Å². The second-order valence-electron chi connectivity index (χ2n) is 6.78. The van der Waals surface area contributed by atoms with Crippen LogP contribution >= 0.6 is 0 Å². The molecule has 0 bridgehead atoms. The van der Waals surface area contributed by atoms with Crippen LogP contribution in [0, 0.1) is 11.3 Å². The molecule has 1 aliphatic carbocycles. The molecule has 0 aromatic heterocycles. The quantitative estimate of drug-likeness (QED) is 0.772. The second kappa shape index (κ2) is 6.75. The van der Waals surface area contributed by atoms with E-state index >= 15 is 0 Å². The minimum atomic E-state index is 0.318. The van der Waals surface area contributed by atoms with Crippen molar-refractivity contribution in [3.63, 3.8) is 0 Å². The molecule has 1 aliphatic rings. The third-order valence-electron chi connectivity index (χ3n) is 4.55. The van der Waals surface area contributed by atoms with Crippen molar-refractivity contribution >= 4 is 0 Å². The lowest BCUT2D eigenvalue weighted by molar-refractivity contribution is 0.133. The van der Waals surface area contributed by atoms with Crippen LogP contribution in [0.15, 0.2) is 0 Å².